The van der Waals surface area contributed by atoms with Crippen LogP contribution in [0.5, 0.6) is 0 Å². The van der Waals surface area contributed by atoms with Crippen molar-refractivity contribution in [1.82, 2.24) is 10.0 Å². The summed E-state index contributed by atoms with van der Waals surface area (Å²) in [5, 5.41) is 3.22. The molecule has 1 aliphatic rings. The molecule has 0 spiro atoms. The molecule has 1 aliphatic heterocycles. The number of sulfonamides is 1. The van der Waals surface area contributed by atoms with Gasteiger partial charge >= 0.3 is 6.18 Å². The number of halogens is 3. The van der Waals surface area contributed by atoms with Crippen LogP contribution in [0.1, 0.15) is 22.3 Å². The molecular weight excluding hydrogens is 353 g/mol. The van der Waals surface area contributed by atoms with Crippen LogP contribution in [0.15, 0.2) is 47.4 Å². The fourth-order valence-corrected chi connectivity index (χ4v) is 3.76. The standard InChI is InChI=1S/C17H17F3N2O2S/c18-17(19,20)8-12-2-5-16(6-3-12)25(23,24)22-9-13-1-4-14-10-21-11-15(14)7-13/h1-7,21-22H,8-11H2. The predicted molar refractivity (Wildman–Crippen MR) is 87.2 cm³/mol. The van der Waals surface area contributed by atoms with Gasteiger partial charge in [-0.2, -0.15) is 13.2 Å². The van der Waals surface area contributed by atoms with Crippen LogP contribution in [-0.2, 0) is 36.1 Å². The van der Waals surface area contributed by atoms with Gasteiger partial charge in [0.1, 0.15) is 0 Å². The van der Waals surface area contributed by atoms with Crippen molar-refractivity contribution in [2.75, 3.05) is 0 Å². The molecule has 2 N–H and O–H groups in total. The van der Waals surface area contributed by atoms with Crippen molar-refractivity contribution in [1.29, 1.82) is 0 Å². The van der Waals surface area contributed by atoms with E-state index in [0.29, 0.717) is 0 Å². The first kappa shape index (κ1) is 17.9. The predicted octanol–water partition coefficient (Wildman–Crippen LogP) is 2.87. The monoisotopic (exact) mass is 370 g/mol. The van der Waals surface area contributed by atoms with Crippen LogP contribution >= 0.6 is 0 Å². The van der Waals surface area contributed by atoms with Gasteiger partial charge in [0, 0.05) is 19.6 Å². The van der Waals surface area contributed by atoms with Gasteiger partial charge in [-0.15, -0.1) is 0 Å². The maximum atomic E-state index is 12.3. The molecule has 0 aliphatic carbocycles. The van der Waals surface area contributed by atoms with Gasteiger partial charge in [0.05, 0.1) is 11.3 Å². The molecule has 0 atom stereocenters. The van der Waals surface area contributed by atoms with Gasteiger partial charge in [-0.25, -0.2) is 13.1 Å². The zero-order valence-electron chi connectivity index (χ0n) is 13.2. The molecular formula is C17H17F3N2O2S. The van der Waals surface area contributed by atoms with E-state index < -0.39 is 22.6 Å². The highest BCUT2D eigenvalue weighted by atomic mass is 32.2. The van der Waals surface area contributed by atoms with Gasteiger partial charge in [0.15, 0.2) is 0 Å². The maximum absolute atomic E-state index is 12.3. The van der Waals surface area contributed by atoms with E-state index >= 15 is 0 Å². The van der Waals surface area contributed by atoms with Gasteiger partial charge in [0.2, 0.25) is 10.0 Å². The molecule has 0 unspecified atom stereocenters. The number of rotatable bonds is 5. The minimum atomic E-state index is -4.32. The summed E-state index contributed by atoms with van der Waals surface area (Å²) in [5.41, 5.74) is 3.21. The lowest BCUT2D eigenvalue weighted by Crippen LogP contribution is -2.23. The Kier molecular flexibility index (Phi) is 4.86. The average molecular weight is 370 g/mol. The molecule has 8 heteroatoms. The Morgan fingerprint density at radius 3 is 2.28 bits per heavy atom. The Morgan fingerprint density at radius 1 is 0.960 bits per heavy atom. The van der Waals surface area contributed by atoms with Crippen molar-refractivity contribution in [3.63, 3.8) is 0 Å². The van der Waals surface area contributed by atoms with E-state index in [9.17, 15) is 21.6 Å². The van der Waals surface area contributed by atoms with E-state index in [1.165, 1.54) is 29.8 Å². The molecule has 0 fully saturated rings. The lowest BCUT2D eigenvalue weighted by Gasteiger charge is -2.10. The van der Waals surface area contributed by atoms with Gasteiger partial charge in [-0.05, 0) is 34.4 Å². The molecule has 1 heterocycles. The maximum Gasteiger partial charge on any atom is 0.393 e. The van der Waals surface area contributed by atoms with Gasteiger partial charge in [-0.3, -0.25) is 0 Å². The Hall–Kier alpha value is -1.90. The third kappa shape index (κ3) is 4.59. The van der Waals surface area contributed by atoms with E-state index in [2.05, 4.69) is 10.0 Å². The first-order chi connectivity index (χ1) is 11.7. The van der Waals surface area contributed by atoms with Gasteiger partial charge in [-0.1, -0.05) is 30.3 Å². The molecule has 2 aromatic rings. The van der Waals surface area contributed by atoms with Crippen LogP contribution in [0.4, 0.5) is 13.2 Å². The molecule has 0 amide bonds. The van der Waals surface area contributed by atoms with Crippen LogP contribution in [0.3, 0.4) is 0 Å². The zero-order valence-corrected chi connectivity index (χ0v) is 14.0. The summed E-state index contributed by atoms with van der Waals surface area (Å²) in [4.78, 5) is -0.0544. The summed E-state index contributed by atoms with van der Waals surface area (Å²) in [6, 6.07) is 10.5. The fraction of sp³-hybridized carbons (Fsp3) is 0.294. The van der Waals surface area contributed by atoms with E-state index in [0.717, 1.165) is 24.2 Å². The molecule has 0 aromatic heterocycles. The number of nitrogens with one attached hydrogen (secondary N) is 2. The molecule has 2 aromatic carbocycles. The van der Waals surface area contributed by atoms with Crippen LogP contribution in [0.2, 0.25) is 0 Å². The van der Waals surface area contributed by atoms with Crippen molar-refractivity contribution in [3.8, 4) is 0 Å². The number of fused-ring (bicyclic) bond motifs is 1. The summed E-state index contributed by atoms with van der Waals surface area (Å²) in [5.74, 6) is 0. The normalized spacial score (nSPS) is 14.5. The van der Waals surface area contributed by atoms with E-state index in [4.69, 9.17) is 0 Å². The summed E-state index contributed by atoms with van der Waals surface area (Å²) in [6.07, 6.45) is -5.40. The number of benzene rings is 2. The summed E-state index contributed by atoms with van der Waals surface area (Å²) < 4.78 is 64.1. The summed E-state index contributed by atoms with van der Waals surface area (Å²) in [6.45, 7) is 1.70. The number of alkyl halides is 3. The van der Waals surface area contributed by atoms with Crippen molar-refractivity contribution in [3.05, 3.63) is 64.7 Å². The Labute approximate surface area is 144 Å². The zero-order chi connectivity index (χ0) is 18.1. The first-order valence-corrected chi connectivity index (χ1v) is 9.18. The Bertz CT molecular complexity index is 862. The fourth-order valence-electron chi connectivity index (χ4n) is 2.74. The first-order valence-electron chi connectivity index (χ1n) is 7.70. The molecule has 25 heavy (non-hydrogen) atoms. The molecule has 134 valence electrons. The third-order valence-corrected chi connectivity index (χ3v) is 5.42. The third-order valence-electron chi connectivity index (χ3n) is 4.01. The minimum Gasteiger partial charge on any atom is -0.309 e. The molecule has 3 rings (SSSR count). The number of hydrogen-bond acceptors (Lipinski definition) is 3. The average Bonchev–Trinajstić information content (AvgIpc) is 2.99. The minimum absolute atomic E-state index is 0.0255. The highest BCUT2D eigenvalue weighted by Gasteiger charge is 2.27. The van der Waals surface area contributed by atoms with Gasteiger partial charge in [0.25, 0.3) is 0 Å². The summed E-state index contributed by atoms with van der Waals surface area (Å²) >= 11 is 0. The molecule has 0 bridgehead atoms. The second-order valence-corrected chi connectivity index (χ2v) is 7.73. The van der Waals surface area contributed by atoms with E-state index in [-0.39, 0.29) is 17.0 Å². The van der Waals surface area contributed by atoms with Crippen LogP contribution in [0, 0.1) is 0 Å². The highest BCUT2D eigenvalue weighted by Crippen LogP contribution is 2.22. The molecule has 0 saturated heterocycles. The Balaban J connectivity index is 1.67. The summed E-state index contributed by atoms with van der Waals surface area (Å²) in [7, 11) is -3.78. The van der Waals surface area contributed by atoms with E-state index in [1.54, 1.807) is 0 Å². The molecule has 0 saturated carbocycles. The highest BCUT2D eigenvalue weighted by molar-refractivity contribution is 7.89. The lowest BCUT2D eigenvalue weighted by molar-refractivity contribution is -0.127. The lowest BCUT2D eigenvalue weighted by atomic mass is 10.1. The quantitative estimate of drug-likeness (QED) is 0.851. The van der Waals surface area contributed by atoms with Crippen LogP contribution in [0.25, 0.3) is 0 Å². The van der Waals surface area contributed by atoms with Crippen molar-refractivity contribution in [2.24, 2.45) is 0 Å². The second-order valence-electron chi connectivity index (χ2n) is 5.97. The Morgan fingerprint density at radius 2 is 1.60 bits per heavy atom. The van der Waals surface area contributed by atoms with Crippen molar-refractivity contribution >= 4 is 10.0 Å². The topological polar surface area (TPSA) is 58.2 Å². The van der Waals surface area contributed by atoms with Crippen molar-refractivity contribution < 1.29 is 21.6 Å². The van der Waals surface area contributed by atoms with Crippen molar-refractivity contribution in [2.45, 2.75) is 37.1 Å². The second kappa shape index (κ2) is 6.78. The van der Waals surface area contributed by atoms with Crippen LogP contribution in [-0.4, -0.2) is 14.6 Å². The smallest absolute Gasteiger partial charge is 0.309 e. The van der Waals surface area contributed by atoms with Crippen LogP contribution < -0.4 is 10.0 Å². The van der Waals surface area contributed by atoms with Gasteiger partial charge < -0.3 is 5.32 Å². The van der Waals surface area contributed by atoms with E-state index in [1.807, 2.05) is 18.2 Å². The largest absolute Gasteiger partial charge is 0.393 e. The molecule has 0 radical (unpaired) electrons. The number of hydrogen-bond donors (Lipinski definition) is 2. The molecule has 4 nitrogen and oxygen atoms in total. The SMILES string of the molecule is O=S(=O)(NCc1ccc2c(c1)CNC2)c1ccc(CC(F)(F)F)cc1.